The standard InChI is InChI=1S/C23H24N4O4/c1-14(15-7-5-4-6-8-15)25-20(28)9-10-27-13-24-21-16-11-18(30-2)19(31-3)12-17(16)26-22(21)23(27)29/h4-8,11-14,26H,9-10H2,1-3H3,(H,25,28). The molecule has 1 atom stereocenters. The fourth-order valence-corrected chi connectivity index (χ4v) is 3.64. The van der Waals surface area contributed by atoms with Gasteiger partial charge in [0.2, 0.25) is 5.91 Å². The monoisotopic (exact) mass is 420 g/mol. The predicted molar refractivity (Wildman–Crippen MR) is 119 cm³/mol. The van der Waals surface area contributed by atoms with Crippen LogP contribution in [-0.4, -0.2) is 34.7 Å². The molecule has 8 nitrogen and oxygen atoms in total. The van der Waals surface area contributed by atoms with E-state index in [4.69, 9.17) is 9.47 Å². The van der Waals surface area contributed by atoms with Crippen molar-refractivity contribution in [3.8, 4) is 11.5 Å². The first-order valence-corrected chi connectivity index (χ1v) is 9.99. The number of carbonyl (C=O) groups is 1. The van der Waals surface area contributed by atoms with Crippen LogP contribution in [0.15, 0.2) is 53.6 Å². The van der Waals surface area contributed by atoms with Crippen LogP contribution in [0.1, 0.15) is 24.9 Å². The van der Waals surface area contributed by atoms with Gasteiger partial charge >= 0.3 is 0 Å². The van der Waals surface area contributed by atoms with Gasteiger partial charge in [0.15, 0.2) is 11.5 Å². The van der Waals surface area contributed by atoms with Gasteiger partial charge < -0.3 is 19.8 Å². The van der Waals surface area contributed by atoms with Crippen LogP contribution in [0.25, 0.3) is 21.9 Å². The van der Waals surface area contributed by atoms with E-state index in [-0.39, 0.29) is 30.5 Å². The zero-order chi connectivity index (χ0) is 22.0. The number of H-pyrrole nitrogens is 1. The Morgan fingerprint density at radius 2 is 1.87 bits per heavy atom. The molecule has 1 unspecified atom stereocenters. The molecule has 0 aliphatic rings. The SMILES string of the molecule is COc1cc2[nH]c3c(=O)n(CCC(=O)NC(C)c4ccccc4)cnc3c2cc1OC. The number of ether oxygens (including phenoxy) is 2. The molecule has 4 aromatic rings. The highest BCUT2D eigenvalue weighted by molar-refractivity contribution is 6.05. The third-order valence-electron chi connectivity index (χ3n) is 5.33. The summed E-state index contributed by atoms with van der Waals surface area (Å²) in [6, 6.07) is 13.2. The third kappa shape index (κ3) is 3.96. The third-order valence-corrected chi connectivity index (χ3v) is 5.33. The Labute approximate surface area is 178 Å². The second-order valence-corrected chi connectivity index (χ2v) is 7.29. The zero-order valence-corrected chi connectivity index (χ0v) is 17.6. The molecule has 2 N–H and O–H groups in total. The number of aromatic nitrogens is 3. The van der Waals surface area contributed by atoms with Crippen molar-refractivity contribution in [2.75, 3.05) is 14.2 Å². The van der Waals surface area contributed by atoms with Gasteiger partial charge in [0.1, 0.15) is 11.0 Å². The number of carbonyl (C=O) groups excluding carboxylic acids is 1. The molecule has 160 valence electrons. The smallest absolute Gasteiger partial charge is 0.277 e. The van der Waals surface area contributed by atoms with Gasteiger partial charge in [-0.3, -0.25) is 14.2 Å². The van der Waals surface area contributed by atoms with Crippen LogP contribution in [0.5, 0.6) is 11.5 Å². The Balaban J connectivity index is 1.54. The van der Waals surface area contributed by atoms with Crippen LogP contribution >= 0.6 is 0 Å². The molecular formula is C23H24N4O4. The van der Waals surface area contributed by atoms with E-state index in [1.807, 2.05) is 37.3 Å². The number of rotatable bonds is 7. The molecule has 8 heteroatoms. The zero-order valence-electron chi connectivity index (χ0n) is 17.6. The van der Waals surface area contributed by atoms with Gasteiger partial charge in [-0.05, 0) is 18.6 Å². The van der Waals surface area contributed by atoms with E-state index in [0.29, 0.717) is 22.5 Å². The van der Waals surface area contributed by atoms with E-state index in [9.17, 15) is 9.59 Å². The van der Waals surface area contributed by atoms with Crippen molar-refractivity contribution in [2.24, 2.45) is 0 Å². The van der Waals surface area contributed by atoms with E-state index < -0.39 is 0 Å². The quantitative estimate of drug-likeness (QED) is 0.479. The molecule has 0 saturated carbocycles. The molecule has 0 aliphatic carbocycles. The maximum atomic E-state index is 13.0. The average molecular weight is 420 g/mol. The fourth-order valence-electron chi connectivity index (χ4n) is 3.64. The first-order valence-electron chi connectivity index (χ1n) is 9.99. The molecule has 0 fully saturated rings. The van der Waals surface area contributed by atoms with Crippen molar-refractivity contribution in [1.29, 1.82) is 0 Å². The lowest BCUT2D eigenvalue weighted by Gasteiger charge is -2.14. The molecule has 2 aromatic carbocycles. The maximum absolute atomic E-state index is 13.0. The van der Waals surface area contributed by atoms with Gasteiger partial charge in [0.05, 0.1) is 32.1 Å². The molecule has 0 saturated heterocycles. The maximum Gasteiger partial charge on any atom is 0.277 e. The first-order chi connectivity index (χ1) is 15.0. The Kier molecular flexibility index (Phi) is 5.62. The van der Waals surface area contributed by atoms with Crippen LogP contribution in [0.2, 0.25) is 0 Å². The van der Waals surface area contributed by atoms with Crippen LogP contribution in [-0.2, 0) is 11.3 Å². The number of benzene rings is 2. The molecule has 0 bridgehead atoms. The summed E-state index contributed by atoms with van der Waals surface area (Å²) in [5.74, 6) is 0.992. The van der Waals surface area contributed by atoms with Gasteiger partial charge in [-0.15, -0.1) is 0 Å². The number of nitrogens with one attached hydrogen (secondary N) is 2. The van der Waals surface area contributed by atoms with Gasteiger partial charge in [-0.2, -0.15) is 0 Å². The highest BCUT2D eigenvalue weighted by Gasteiger charge is 2.15. The summed E-state index contributed by atoms with van der Waals surface area (Å²) >= 11 is 0. The predicted octanol–water partition coefficient (Wildman–Crippen LogP) is 3.16. The van der Waals surface area contributed by atoms with Crippen molar-refractivity contribution in [3.63, 3.8) is 0 Å². The van der Waals surface area contributed by atoms with Crippen LogP contribution in [0, 0.1) is 0 Å². The van der Waals surface area contributed by atoms with Crippen molar-refractivity contribution < 1.29 is 14.3 Å². The second kappa shape index (κ2) is 8.51. The lowest BCUT2D eigenvalue weighted by Crippen LogP contribution is -2.29. The fraction of sp³-hybridized carbons (Fsp3) is 0.261. The number of hydrogen-bond acceptors (Lipinski definition) is 5. The number of aryl methyl sites for hydroxylation is 1. The topological polar surface area (TPSA) is 98.2 Å². The molecule has 0 radical (unpaired) electrons. The summed E-state index contributed by atoms with van der Waals surface area (Å²) in [4.78, 5) is 32.9. The Morgan fingerprint density at radius 1 is 1.16 bits per heavy atom. The van der Waals surface area contributed by atoms with Crippen molar-refractivity contribution in [1.82, 2.24) is 19.9 Å². The largest absolute Gasteiger partial charge is 0.493 e. The van der Waals surface area contributed by atoms with E-state index in [2.05, 4.69) is 15.3 Å². The number of fused-ring (bicyclic) bond motifs is 3. The van der Waals surface area contributed by atoms with Crippen LogP contribution in [0.4, 0.5) is 0 Å². The Hall–Kier alpha value is -3.81. The molecule has 2 aromatic heterocycles. The highest BCUT2D eigenvalue weighted by Crippen LogP contribution is 2.34. The second-order valence-electron chi connectivity index (χ2n) is 7.29. The summed E-state index contributed by atoms with van der Waals surface area (Å²) in [5.41, 5.74) is 2.46. The minimum Gasteiger partial charge on any atom is -0.493 e. The molecule has 1 amide bonds. The minimum absolute atomic E-state index is 0.107. The Bertz CT molecular complexity index is 1290. The number of amides is 1. The van der Waals surface area contributed by atoms with E-state index >= 15 is 0 Å². The number of hydrogen-bond donors (Lipinski definition) is 2. The minimum atomic E-state index is -0.233. The molecule has 4 rings (SSSR count). The van der Waals surface area contributed by atoms with Gasteiger partial charge in [-0.1, -0.05) is 30.3 Å². The summed E-state index contributed by atoms with van der Waals surface area (Å²) in [6.07, 6.45) is 1.65. The molecule has 31 heavy (non-hydrogen) atoms. The lowest BCUT2D eigenvalue weighted by molar-refractivity contribution is -0.121. The summed E-state index contributed by atoms with van der Waals surface area (Å²) in [7, 11) is 3.11. The number of nitrogens with zero attached hydrogens (tertiary/aromatic N) is 2. The van der Waals surface area contributed by atoms with Gasteiger partial charge in [-0.25, -0.2) is 4.98 Å². The highest BCUT2D eigenvalue weighted by atomic mass is 16.5. The van der Waals surface area contributed by atoms with E-state index in [0.717, 1.165) is 16.5 Å². The normalized spacial score (nSPS) is 12.1. The molecular weight excluding hydrogens is 396 g/mol. The van der Waals surface area contributed by atoms with Crippen molar-refractivity contribution in [2.45, 2.75) is 25.9 Å². The van der Waals surface area contributed by atoms with Gasteiger partial charge in [0.25, 0.3) is 5.56 Å². The lowest BCUT2D eigenvalue weighted by atomic mass is 10.1. The first kappa shape index (κ1) is 20.5. The molecule has 0 spiro atoms. The molecule has 0 aliphatic heterocycles. The summed E-state index contributed by atoms with van der Waals surface area (Å²) in [6.45, 7) is 2.16. The van der Waals surface area contributed by atoms with Crippen molar-refractivity contribution in [3.05, 3.63) is 64.7 Å². The number of aromatic amines is 1. The summed E-state index contributed by atoms with van der Waals surface area (Å²) < 4.78 is 12.1. The number of methoxy groups -OCH3 is 2. The Morgan fingerprint density at radius 3 is 2.58 bits per heavy atom. The van der Waals surface area contributed by atoms with Crippen LogP contribution in [0.3, 0.4) is 0 Å². The van der Waals surface area contributed by atoms with Crippen LogP contribution < -0.4 is 20.3 Å². The van der Waals surface area contributed by atoms with E-state index in [1.54, 1.807) is 26.4 Å². The average Bonchev–Trinajstić information content (AvgIpc) is 3.16. The van der Waals surface area contributed by atoms with Gasteiger partial charge in [0, 0.05) is 24.4 Å². The summed E-state index contributed by atoms with van der Waals surface area (Å²) in [5, 5.41) is 3.73. The molecule has 2 heterocycles. The van der Waals surface area contributed by atoms with Crippen molar-refractivity contribution >= 4 is 27.8 Å². The van der Waals surface area contributed by atoms with E-state index in [1.165, 1.54) is 10.9 Å².